The van der Waals surface area contributed by atoms with E-state index < -0.39 is 266 Å². The molecule has 0 spiro atoms. The summed E-state index contributed by atoms with van der Waals surface area (Å²) in [6, 6.07) is -21.3. The summed E-state index contributed by atoms with van der Waals surface area (Å²) in [6.07, 6.45) is 0. The molecule has 3 aromatic heterocycles. The van der Waals surface area contributed by atoms with Crippen molar-refractivity contribution in [3.05, 3.63) is 212 Å². The quantitative estimate of drug-likeness (QED) is 0.120. The number of rotatable bonds is 7. The lowest BCUT2D eigenvalue weighted by Gasteiger charge is -2.34. The van der Waals surface area contributed by atoms with Gasteiger partial charge in [0.05, 0.1) is 63.2 Å². The van der Waals surface area contributed by atoms with Crippen LogP contribution in [0.2, 0.25) is 0 Å². The fourth-order valence-electron chi connectivity index (χ4n) is 7.01. The molecule has 0 fully saturated rings. The van der Waals surface area contributed by atoms with E-state index in [0.717, 1.165) is 21.3 Å². The molecule has 0 atom stereocenters. The van der Waals surface area contributed by atoms with Crippen LogP contribution in [0.3, 0.4) is 0 Å². The molecule has 0 bridgehead atoms. The first-order valence-corrected chi connectivity index (χ1v) is 18.8. The third kappa shape index (κ3) is 5.19. The lowest BCUT2D eigenvalue weighted by atomic mass is 10.2. The minimum Gasteiger partial charge on any atom is -0.278 e. The summed E-state index contributed by atoms with van der Waals surface area (Å²) < 4.78 is 272. The molecule has 0 saturated carbocycles. The van der Waals surface area contributed by atoms with Gasteiger partial charge in [-0.25, -0.2) is 0 Å². The van der Waals surface area contributed by atoms with E-state index in [0.29, 0.717) is 0 Å². The van der Waals surface area contributed by atoms with E-state index in [1.54, 1.807) is 0 Å². The van der Waals surface area contributed by atoms with Gasteiger partial charge in [0.25, 0.3) is 0 Å². The number of para-hydroxylation sites is 4. The van der Waals surface area contributed by atoms with Crippen LogP contribution in [0.15, 0.2) is 212 Å². The molecule has 8 aromatic carbocycles. The largest absolute Gasteiger partial charge is 0.278 e. The Kier molecular flexibility index (Phi) is 3.43. The topological polar surface area (TPSA) is 48.5 Å². The molecule has 6 heteroatoms. The van der Waals surface area contributed by atoms with Crippen LogP contribution >= 0.6 is 0 Å². The van der Waals surface area contributed by atoms with Gasteiger partial charge >= 0.3 is 0 Å². The number of hydrogen-bond acceptors (Lipinski definition) is 3. The highest BCUT2D eigenvalue weighted by Gasteiger charge is 2.41. The van der Waals surface area contributed by atoms with E-state index in [-0.39, 0.29) is 10.8 Å². The van der Waals surface area contributed by atoms with Crippen LogP contribution in [-0.4, -0.2) is 32.2 Å². The van der Waals surface area contributed by atoms with Crippen LogP contribution < -0.4 is 20.7 Å². The van der Waals surface area contributed by atoms with Crippen molar-refractivity contribution in [1.29, 1.82) is 0 Å². The molecule has 0 radical (unpaired) electrons. The summed E-state index contributed by atoms with van der Waals surface area (Å²) in [4.78, 5) is 14.2. The summed E-state index contributed by atoms with van der Waals surface area (Å²) in [5, 5.41) is -4.40. The normalized spacial score (nSPS) is 19.2. The molecule has 268 valence electrons. The second-order valence-corrected chi connectivity index (χ2v) is 15.8. The van der Waals surface area contributed by atoms with Crippen molar-refractivity contribution in [3.63, 3.8) is 0 Å². The zero-order valence-corrected chi connectivity index (χ0v) is 29.6. The molecule has 0 aliphatic carbocycles. The number of nitrogens with zero attached hydrogens (tertiary/aromatic N) is 5. The summed E-state index contributed by atoms with van der Waals surface area (Å²) in [6.45, 7) is 0. The zero-order valence-electron chi connectivity index (χ0n) is 58.6. The summed E-state index contributed by atoms with van der Waals surface area (Å²) >= 11 is 0. The van der Waals surface area contributed by atoms with Crippen LogP contribution in [0.4, 0.5) is 0 Å². The SMILES string of the molecule is [2H]c1cc([Si](c2cccc(-c3nc(-n4c5c([2H])c([2H])c([2H])c([2H])c5c5c([2H])c([2H])c([2H])c([2H])c54)nc(-n4c5c([2H])c([2H])c([2H])c([2H])c5c5c([2H])c([2H])c([2H])c([2H])c54)n3)c2)(c2c([2H])c([2H])c([2H])c([2H])c2[2H])c2c([2H])c([2H])c([2H])c([2H])c2[2H])c([2H])c([2H])c1[2H]. The van der Waals surface area contributed by atoms with Crippen molar-refractivity contribution in [2.24, 2.45) is 0 Å². The fourth-order valence-corrected chi connectivity index (χ4v) is 10.9. The summed E-state index contributed by atoms with van der Waals surface area (Å²) in [7, 11) is -5.65. The maximum atomic E-state index is 9.55. The standard InChI is InChI=1S/C51H35N5Si/c1-4-20-37(21-5-1)57(38-22-6-2-7-23-38,39-24-8-3-9-25-39)40-26-18-19-36(35-40)49-52-50(55-45-31-14-10-27-41(45)42-28-11-15-32-46(42)55)54-51(53-49)56-47-33-16-12-29-43(47)44-30-13-17-34-48(44)56/h1-35H/i1D,2D,3D,4D,5D,6D,7D,8D,9D,10D,11D,12D,13D,14D,15D,16D,17D,20D,21D,22D,23D,24D,27D,28D,29D,30D,31D,32D,33D,34D. The molecule has 5 nitrogen and oxygen atoms in total. The Labute approximate surface area is 373 Å². The zero-order chi connectivity index (χ0) is 63.9. The molecular weight excluding hydrogens is 711 g/mol. The highest BCUT2D eigenvalue weighted by atomic mass is 28.3. The highest BCUT2D eigenvalue weighted by molar-refractivity contribution is 7.19. The second-order valence-electron chi connectivity index (χ2n) is 12.2. The molecule has 3 heterocycles. The Balaban J connectivity index is 1.41. The van der Waals surface area contributed by atoms with E-state index in [2.05, 4.69) is 0 Å². The smallest absolute Gasteiger partial charge is 0.240 e. The van der Waals surface area contributed by atoms with Crippen LogP contribution in [0.5, 0.6) is 0 Å². The van der Waals surface area contributed by atoms with Crippen molar-refractivity contribution in [2.45, 2.75) is 0 Å². The van der Waals surface area contributed by atoms with E-state index in [1.165, 1.54) is 18.2 Å². The van der Waals surface area contributed by atoms with Gasteiger partial charge < -0.3 is 0 Å². The maximum absolute atomic E-state index is 9.55. The van der Waals surface area contributed by atoms with Crippen molar-refractivity contribution >= 4 is 72.4 Å². The van der Waals surface area contributed by atoms with Gasteiger partial charge in [-0.05, 0) is 44.9 Å². The van der Waals surface area contributed by atoms with Crippen LogP contribution in [0.25, 0.3) is 66.9 Å². The second kappa shape index (κ2) is 13.4. The number of fused-ring (bicyclic) bond motifs is 6. The average Bonchev–Trinajstić information content (AvgIpc) is 1.59. The lowest BCUT2D eigenvalue weighted by molar-refractivity contribution is 0.893. The van der Waals surface area contributed by atoms with Gasteiger partial charge in [0.2, 0.25) is 11.9 Å². The monoisotopic (exact) mass is 775 g/mol. The Morgan fingerprint density at radius 1 is 0.368 bits per heavy atom. The Hall–Kier alpha value is -7.41. The molecule has 57 heavy (non-hydrogen) atoms. The van der Waals surface area contributed by atoms with E-state index >= 15 is 0 Å². The third-order valence-corrected chi connectivity index (χ3v) is 13.6. The van der Waals surface area contributed by atoms with E-state index in [4.69, 9.17) is 43.7 Å². The predicted molar refractivity (Wildman–Crippen MR) is 238 cm³/mol. The van der Waals surface area contributed by atoms with Crippen molar-refractivity contribution < 1.29 is 41.1 Å². The molecule has 11 rings (SSSR count). The number of hydrogen-bond donors (Lipinski definition) is 0. The van der Waals surface area contributed by atoms with E-state index in [9.17, 15) is 12.3 Å². The summed E-state index contributed by atoms with van der Waals surface area (Å²) in [5.74, 6) is -2.29. The molecule has 0 aliphatic rings. The van der Waals surface area contributed by atoms with Crippen LogP contribution in [-0.2, 0) is 0 Å². The van der Waals surface area contributed by atoms with Gasteiger partial charge in [-0.3, -0.25) is 9.13 Å². The number of aromatic nitrogens is 5. The predicted octanol–water partition coefficient (Wildman–Crippen LogP) is 9.11. The highest BCUT2D eigenvalue weighted by Crippen LogP contribution is 2.34. The first-order chi connectivity index (χ1) is 40.7. The lowest BCUT2D eigenvalue weighted by Crippen LogP contribution is -2.74. The van der Waals surface area contributed by atoms with Gasteiger partial charge in [0.15, 0.2) is 13.9 Å². The van der Waals surface area contributed by atoms with Gasteiger partial charge in [0.1, 0.15) is 0 Å². The van der Waals surface area contributed by atoms with Crippen LogP contribution in [0, 0.1) is 0 Å². The van der Waals surface area contributed by atoms with Gasteiger partial charge in [-0.15, -0.1) is 0 Å². The van der Waals surface area contributed by atoms with E-state index in [1.807, 2.05) is 0 Å². The van der Waals surface area contributed by atoms with Crippen LogP contribution in [0.1, 0.15) is 41.1 Å². The van der Waals surface area contributed by atoms with Crippen molar-refractivity contribution in [3.8, 4) is 23.3 Å². The first kappa shape index (κ1) is 14.6. The minimum atomic E-state index is -5.65. The van der Waals surface area contributed by atoms with Gasteiger partial charge in [-0.2, -0.15) is 15.0 Å². The minimum absolute atomic E-state index is 0.330. The van der Waals surface area contributed by atoms with Gasteiger partial charge in [0, 0.05) is 27.1 Å². The summed E-state index contributed by atoms with van der Waals surface area (Å²) in [5.41, 5.74) is -2.62. The first-order valence-electron chi connectivity index (χ1n) is 31.8. The molecule has 0 saturated heterocycles. The molecule has 0 N–H and O–H groups in total. The molecule has 0 amide bonds. The maximum Gasteiger partial charge on any atom is 0.240 e. The molecular formula is C51H35N5Si. The molecule has 11 aromatic rings. The van der Waals surface area contributed by atoms with Gasteiger partial charge in [-0.1, -0.05) is 187 Å². The Bertz CT molecular complexity index is 4560. The van der Waals surface area contributed by atoms with Crippen molar-refractivity contribution in [1.82, 2.24) is 24.1 Å². The fraction of sp³-hybridized carbons (Fsp3) is 0. The number of benzene rings is 8. The Morgan fingerprint density at radius 2 is 0.772 bits per heavy atom. The average molecular weight is 776 g/mol. The Morgan fingerprint density at radius 3 is 1.25 bits per heavy atom. The molecule has 0 unspecified atom stereocenters. The molecule has 0 aliphatic heterocycles. The third-order valence-electron chi connectivity index (χ3n) is 9.33. The van der Waals surface area contributed by atoms with Crippen molar-refractivity contribution in [2.75, 3.05) is 0 Å².